The van der Waals surface area contributed by atoms with Gasteiger partial charge >= 0.3 is 0 Å². The van der Waals surface area contributed by atoms with E-state index in [0.717, 1.165) is 27.7 Å². The maximum absolute atomic E-state index is 12.4. The van der Waals surface area contributed by atoms with Crippen molar-refractivity contribution in [1.29, 1.82) is 0 Å². The van der Waals surface area contributed by atoms with E-state index in [9.17, 15) is 9.59 Å². The number of H-pyrrole nitrogens is 1. The van der Waals surface area contributed by atoms with Gasteiger partial charge in [0.2, 0.25) is 11.7 Å². The molecule has 0 aliphatic heterocycles. The number of primary amides is 1. The van der Waals surface area contributed by atoms with Crippen molar-refractivity contribution in [2.45, 2.75) is 0 Å². The minimum absolute atomic E-state index is 0.0883. The van der Waals surface area contributed by atoms with Crippen LogP contribution < -0.4 is 5.73 Å². The molecule has 3 N–H and O–H groups in total. The van der Waals surface area contributed by atoms with Gasteiger partial charge in [0.25, 0.3) is 0 Å². The molecule has 6 nitrogen and oxygen atoms in total. The fraction of sp³-hybridized carbons (Fsp3) is 0. The average Bonchev–Trinajstić information content (AvgIpc) is 3.35. The Hall–Kier alpha value is -3.58. The molecule has 0 spiro atoms. The summed E-state index contributed by atoms with van der Waals surface area (Å²) in [6, 6.07) is 9.32. The van der Waals surface area contributed by atoms with E-state index in [4.69, 9.17) is 5.73 Å². The van der Waals surface area contributed by atoms with Crippen molar-refractivity contribution >= 4 is 40.1 Å². The number of carbonyl (C=O) groups is 2. The lowest BCUT2D eigenvalue weighted by Crippen LogP contribution is -2.04. The average molecular weight is 374 g/mol. The van der Waals surface area contributed by atoms with Gasteiger partial charge < -0.3 is 10.7 Å². The molecule has 4 rings (SSSR count). The lowest BCUT2D eigenvalue weighted by Gasteiger charge is -2.04. The van der Waals surface area contributed by atoms with Gasteiger partial charge in [-0.1, -0.05) is 24.3 Å². The topological polar surface area (TPSA) is 102 Å². The maximum Gasteiger partial charge on any atom is 0.241 e. The number of ketones is 1. The summed E-state index contributed by atoms with van der Waals surface area (Å²) in [5.74, 6) is -0.594. The zero-order valence-corrected chi connectivity index (χ0v) is 14.9. The quantitative estimate of drug-likeness (QED) is 0.413. The fourth-order valence-electron chi connectivity index (χ4n) is 2.76. The number of rotatable bonds is 5. The lowest BCUT2D eigenvalue weighted by atomic mass is 10.0. The van der Waals surface area contributed by atoms with Crippen molar-refractivity contribution in [2.75, 3.05) is 0 Å². The number of nitrogens with zero attached hydrogens (tertiary/aromatic N) is 2. The van der Waals surface area contributed by atoms with Gasteiger partial charge in [-0.3, -0.25) is 9.59 Å². The zero-order chi connectivity index (χ0) is 18.8. The van der Waals surface area contributed by atoms with Gasteiger partial charge in [0.15, 0.2) is 5.01 Å². The molecule has 0 saturated heterocycles. The Kier molecular flexibility index (Phi) is 4.35. The van der Waals surface area contributed by atoms with Crippen LogP contribution in [-0.2, 0) is 4.79 Å². The molecule has 1 amide bonds. The van der Waals surface area contributed by atoms with E-state index in [0.29, 0.717) is 10.6 Å². The van der Waals surface area contributed by atoms with Gasteiger partial charge in [-0.25, -0.2) is 9.97 Å². The predicted octanol–water partition coefficient (Wildman–Crippen LogP) is 3.42. The molecule has 3 heterocycles. The van der Waals surface area contributed by atoms with E-state index in [-0.39, 0.29) is 5.78 Å². The first-order valence-electron chi connectivity index (χ1n) is 8.11. The van der Waals surface area contributed by atoms with Crippen LogP contribution in [-0.4, -0.2) is 26.6 Å². The van der Waals surface area contributed by atoms with Crippen molar-refractivity contribution in [1.82, 2.24) is 15.0 Å². The van der Waals surface area contributed by atoms with Gasteiger partial charge in [-0.05, 0) is 17.7 Å². The summed E-state index contributed by atoms with van der Waals surface area (Å²) in [5, 5.41) is 3.14. The summed E-state index contributed by atoms with van der Waals surface area (Å²) in [4.78, 5) is 34.9. The van der Waals surface area contributed by atoms with Crippen LogP contribution in [0.3, 0.4) is 0 Å². The Morgan fingerprint density at radius 1 is 1.11 bits per heavy atom. The number of pyridine rings is 1. The third-order valence-corrected chi connectivity index (χ3v) is 4.87. The van der Waals surface area contributed by atoms with Gasteiger partial charge in [-0.2, -0.15) is 0 Å². The molecule has 0 fully saturated rings. The van der Waals surface area contributed by atoms with E-state index in [1.807, 2.05) is 18.2 Å². The van der Waals surface area contributed by atoms with Crippen LogP contribution >= 0.6 is 11.3 Å². The highest BCUT2D eigenvalue weighted by molar-refractivity contribution is 7.11. The Morgan fingerprint density at radius 3 is 2.63 bits per heavy atom. The highest BCUT2D eigenvalue weighted by Crippen LogP contribution is 2.26. The third kappa shape index (κ3) is 3.40. The number of aromatic amines is 1. The molecule has 0 saturated carbocycles. The van der Waals surface area contributed by atoms with E-state index in [1.54, 1.807) is 42.2 Å². The summed E-state index contributed by atoms with van der Waals surface area (Å²) in [6.07, 6.45) is 8.12. The third-order valence-electron chi connectivity index (χ3n) is 4.10. The van der Waals surface area contributed by atoms with Crippen LogP contribution in [0.25, 0.3) is 28.2 Å². The number of benzene rings is 1. The zero-order valence-electron chi connectivity index (χ0n) is 14.0. The van der Waals surface area contributed by atoms with Gasteiger partial charge in [0.1, 0.15) is 5.65 Å². The van der Waals surface area contributed by atoms with E-state index in [1.165, 1.54) is 17.4 Å². The van der Waals surface area contributed by atoms with Crippen molar-refractivity contribution in [3.8, 4) is 11.1 Å². The molecule has 0 aliphatic carbocycles. The molecule has 3 aromatic heterocycles. The lowest BCUT2D eigenvalue weighted by molar-refractivity contribution is -0.113. The SMILES string of the molecule is NC(=O)/C=C/c1c[nH]c2ncc(-c3ccc(C(=O)c4nccs4)cc3)cc12. The molecule has 4 aromatic rings. The van der Waals surface area contributed by atoms with Crippen LogP contribution in [0.5, 0.6) is 0 Å². The van der Waals surface area contributed by atoms with Crippen LogP contribution in [0.15, 0.2) is 60.4 Å². The van der Waals surface area contributed by atoms with Gasteiger partial charge in [0, 0.05) is 52.1 Å². The summed E-state index contributed by atoms with van der Waals surface area (Å²) in [7, 11) is 0. The second-order valence-electron chi connectivity index (χ2n) is 5.84. The number of hydrogen-bond donors (Lipinski definition) is 2. The second-order valence-corrected chi connectivity index (χ2v) is 6.74. The molecule has 0 aliphatic rings. The Balaban J connectivity index is 1.67. The minimum atomic E-state index is -0.506. The van der Waals surface area contributed by atoms with Crippen molar-refractivity contribution in [3.05, 3.63) is 76.5 Å². The molecule has 27 heavy (non-hydrogen) atoms. The second kappa shape index (κ2) is 6.97. The van der Waals surface area contributed by atoms with E-state index < -0.39 is 5.91 Å². The first-order chi connectivity index (χ1) is 13.1. The predicted molar refractivity (Wildman–Crippen MR) is 105 cm³/mol. The number of fused-ring (bicyclic) bond motifs is 1. The minimum Gasteiger partial charge on any atom is -0.366 e. The molecule has 132 valence electrons. The number of thiazole rings is 1. The van der Waals surface area contributed by atoms with E-state index in [2.05, 4.69) is 15.0 Å². The highest BCUT2D eigenvalue weighted by atomic mass is 32.1. The number of nitrogens with two attached hydrogens (primary N) is 1. The number of carbonyl (C=O) groups excluding carboxylic acids is 2. The maximum atomic E-state index is 12.4. The molecule has 0 unspecified atom stereocenters. The molecule has 1 aromatic carbocycles. The summed E-state index contributed by atoms with van der Waals surface area (Å²) >= 11 is 1.32. The van der Waals surface area contributed by atoms with Crippen LogP contribution in [0.4, 0.5) is 0 Å². The largest absolute Gasteiger partial charge is 0.366 e. The fourth-order valence-corrected chi connectivity index (χ4v) is 3.36. The van der Waals surface area contributed by atoms with Crippen molar-refractivity contribution in [2.24, 2.45) is 5.73 Å². The number of amides is 1. The molecule has 7 heteroatoms. The monoisotopic (exact) mass is 374 g/mol. The van der Waals surface area contributed by atoms with Crippen LogP contribution in [0, 0.1) is 0 Å². The summed E-state index contributed by atoms with van der Waals surface area (Å²) in [6.45, 7) is 0. The Morgan fingerprint density at radius 2 is 1.93 bits per heavy atom. The molecule has 0 bridgehead atoms. The number of hydrogen-bond acceptors (Lipinski definition) is 5. The first-order valence-corrected chi connectivity index (χ1v) is 8.99. The van der Waals surface area contributed by atoms with Crippen LogP contribution in [0.2, 0.25) is 0 Å². The van der Waals surface area contributed by atoms with Crippen LogP contribution in [0.1, 0.15) is 20.9 Å². The summed E-state index contributed by atoms with van der Waals surface area (Å²) < 4.78 is 0. The molecule has 0 radical (unpaired) electrons. The van der Waals surface area contributed by atoms with Crippen molar-refractivity contribution in [3.63, 3.8) is 0 Å². The standard InChI is InChI=1S/C20H14N4O2S/c21-17(25)6-5-14-10-23-19-16(14)9-15(11-24-19)12-1-3-13(4-2-12)18(26)20-22-7-8-27-20/h1-11H,(H2,21,25)(H,23,24)/b6-5+. The normalized spacial score (nSPS) is 11.3. The molecular formula is C20H14N4O2S. The van der Waals surface area contributed by atoms with Crippen molar-refractivity contribution < 1.29 is 9.59 Å². The van der Waals surface area contributed by atoms with Gasteiger partial charge in [-0.15, -0.1) is 11.3 Å². The smallest absolute Gasteiger partial charge is 0.241 e. The Bertz CT molecular complexity index is 1160. The summed E-state index contributed by atoms with van der Waals surface area (Å²) in [5.41, 5.74) is 9.15. The first kappa shape index (κ1) is 16.9. The molecular weight excluding hydrogens is 360 g/mol. The highest BCUT2D eigenvalue weighted by Gasteiger charge is 2.12. The Labute approximate surface area is 158 Å². The number of nitrogens with one attached hydrogen (secondary N) is 1. The van der Waals surface area contributed by atoms with Gasteiger partial charge in [0.05, 0.1) is 0 Å². The number of aromatic nitrogens is 3. The van der Waals surface area contributed by atoms with E-state index >= 15 is 0 Å². The molecule has 0 atom stereocenters.